The Kier molecular flexibility index (Phi) is 4.26. The third-order valence-electron chi connectivity index (χ3n) is 2.54. The average molecular weight is 230 g/mol. The van der Waals surface area contributed by atoms with Crippen LogP contribution >= 0.6 is 0 Å². The van der Waals surface area contributed by atoms with E-state index in [0.29, 0.717) is 26.1 Å². The van der Waals surface area contributed by atoms with Gasteiger partial charge in [-0.15, -0.1) is 0 Å². The number of carbonyl (C=O) groups excluding carboxylic acids is 1. The number of carboxylic acid groups (broad SMARTS) is 1. The van der Waals surface area contributed by atoms with Crippen molar-refractivity contribution in [2.75, 3.05) is 33.3 Å². The molecule has 0 aliphatic carbocycles. The third kappa shape index (κ3) is 3.46. The molecule has 1 amide bonds. The van der Waals surface area contributed by atoms with Gasteiger partial charge < -0.3 is 20.1 Å². The molecular formula is C10H18N2O4. The van der Waals surface area contributed by atoms with Gasteiger partial charge in [-0.3, -0.25) is 4.79 Å². The lowest BCUT2D eigenvalue weighted by Gasteiger charge is -2.47. The van der Waals surface area contributed by atoms with Crippen LogP contribution in [-0.4, -0.2) is 60.8 Å². The molecule has 0 unspecified atom stereocenters. The maximum Gasteiger partial charge on any atom is 0.329 e. The van der Waals surface area contributed by atoms with E-state index < -0.39 is 11.6 Å². The van der Waals surface area contributed by atoms with Crippen LogP contribution in [0.3, 0.4) is 0 Å². The van der Waals surface area contributed by atoms with E-state index in [2.05, 4.69) is 5.32 Å². The fraction of sp³-hybridized carbons (Fsp3) is 0.800. The Morgan fingerprint density at radius 3 is 2.62 bits per heavy atom. The smallest absolute Gasteiger partial charge is 0.329 e. The van der Waals surface area contributed by atoms with Crippen LogP contribution in [0.1, 0.15) is 13.3 Å². The number of carbonyl (C=O) groups is 2. The number of ether oxygens (including phenoxy) is 1. The van der Waals surface area contributed by atoms with E-state index in [4.69, 9.17) is 9.84 Å². The van der Waals surface area contributed by atoms with Crippen LogP contribution in [0.5, 0.6) is 0 Å². The summed E-state index contributed by atoms with van der Waals surface area (Å²) in [5.41, 5.74) is -0.492. The van der Waals surface area contributed by atoms with E-state index in [0.717, 1.165) is 0 Å². The van der Waals surface area contributed by atoms with Crippen molar-refractivity contribution in [1.29, 1.82) is 0 Å². The SMILES string of the molecule is CNCCC(=O)N1CC(C)(OCC(=O)O)C1. The lowest BCUT2D eigenvalue weighted by atomic mass is 9.96. The Morgan fingerprint density at radius 1 is 1.50 bits per heavy atom. The predicted octanol–water partition coefficient (Wildman–Crippen LogP) is -0.702. The van der Waals surface area contributed by atoms with Gasteiger partial charge in [-0.05, 0) is 14.0 Å². The molecule has 1 heterocycles. The second-order valence-electron chi connectivity index (χ2n) is 4.24. The van der Waals surface area contributed by atoms with Gasteiger partial charge in [0.25, 0.3) is 0 Å². The Bertz CT molecular complexity index is 274. The second-order valence-corrected chi connectivity index (χ2v) is 4.24. The summed E-state index contributed by atoms with van der Waals surface area (Å²) in [5.74, 6) is -0.910. The number of aliphatic carboxylic acids is 1. The number of nitrogens with one attached hydrogen (secondary N) is 1. The van der Waals surface area contributed by atoms with Crippen LogP contribution in [0.2, 0.25) is 0 Å². The maximum atomic E-state index is 11.5. The van der Waals surface area contributed by atoms with E-state index in [9.17, 15) is 9.59 Å². The number of carboxylic acids is 1. The molecule has 1 rings (SSSR count). The van der Waals surface area contributed by atoms with Crippen LogP contribution in [0.15, 0.2) is 0 Å². The largest absolute Gasteiger partial charge is 0.480 e. The first-order chi connectivity index (χ1) is 7.47. The summed E-state index contributed by atoms with van der Waals surface area (Å²) in [7, 11) is 1.80. The molecule has 6 heteroatoms. The van der Waals surface area contributed by atoms with E-state index in [1.54, 1.807) is 11.9 Å². The van der Waals surface area contributed by atoms with E-state index >= 15 is 0 Å². The standard InChI is InChI=1S/C10H18N2O4/c1-10(16-5-9(14)15)6-12(7-10)8(13)3-4-11-2/h11H,3-7H2,1-2H3,(H,14,15). The second kappa shape index (κ2) is 5.27. The Labute approximate surface area is 94.6 Å². The summed E-state index contributed by atoms with van der Waals surface area (Å²) < 4.78 is 5.20. The van der Waals surface area contributed by atoms with Crippen molar-refractivity contribution < 1.29 is 19.4 Å². The fourth-order valence-electron chi connectivity index (χ4n) is 1.65. The Morgan fingerprint density at radius 2 is 2.12 bits per heavy atom. The summed E-state index contributed by atoms with van der Waals surface area (Å²) in [6.07, 6.45) is 0.464. The number of hydrogen-bond acceptors (Lipinski definition) is 4. The van der Waals surface area contributed by atoms with Gasteiger partial charge in [0.05, 0.1) is 13.1 Å². The van der Waals surface area contributed by atoms with Crippen molar-refractivity contribution in [2.45, 2.75) is 18.9 Å². The first-order valence-corrected chi connectivity index (χ1v) is 5.25. The number of rotatable bonds is 6. The highest BCUT2D eigenvalue weighted by molar-refractivity contribution is 5.77. The van der Waals surface area contributed by atoms with Gasteiger partial charge in [-0.1, -0.05) is 0 Å². The average Bonchev–Trinajstić information content (AvgIpc) is 2.19. The molecule has 0 saturated carbocycles. The molecule has 0 atom stereocenters. The molecule has 2 N–H and O–H groups in total. The van der Waals surface area contributed by atoms with E-state index in [-0.39, 0.29) is 12.5 Å². The molecule has 0 aromatic carbocycles. The third-order valence-corrected chi connectivity index (χ3v) is 2.54. The zero-order valence-electron chi connectivity index (χ0n) is 9.65. The minimum atomic E-state index is -0.985. The lowest BCUT2D eigenvalue weighted by Crippen LogP contribution is -2.63. The highest BCUT2D eigenvalue weighted by Crippen LogP contribution is 2.24. The zero-order valence-corrected chi connectivity index (χ0v) is 9.65. The highest BCUT2D eigenvalue weighted by atomic mass is 16.5. The van der Waals surface area contributed by atoms with Crippen LogP contribution in [0, 0.1) is 0 Å². The molecule has 92 valence electrons. The molecule has 6 nitrogen and oxygen atoms in total. The number of nitrogens with zero attached hydrogens (tertiary/aromatic N) is 1. The molecule has 1 saturated heterocycles. The van der Waals surface area contributed by atoms with Gasteiger partial charge in [0.2, 0.25) is 5.91 Å². The predicted molar refractivity (Wildman–Crippen MR) is 57.1 cm³/mol. The van der Waals surface area contributed by atoms with Gasteiger partial charge in [0.15, 0.2) is 0 Å². The molecule has 0 aromatic heterocycles. The van der Waals surface area contributed by atoms with Crippen molar-refractivity contribution >= 4 is 11.9 Å². The summed E-state index contributed by atoms with van der Waals surface area (Å²) in [5, 5.41) is 11.4. The normalized spacial score (nSPS) is 18.0. The van der Waals surface area contributed by atoms with Gasteiger partial charge in [0, 0.05) is 13.0 Å². The Balaban J connectivity index is 2.24. The fourth-order valence-corrected chi connectivity index (χ4v) is 1.65. The molecule has 1 fully saturated rings. The van der Waals surface area contributed by atoms with Crippen molar-refractivity contribution in [2.24, 2.45) is 0 Å². The maximum absolute atomic E-state index is 11.5. The van der Waals surface area contributed by atoms with Crippen molar-refractivity contribution in [3.05, 3.63) is 0 Å². The molecule has 16 heavy (non-hydrogen) atoms. The molecule has 1 aliphatic heterocycles. The van der Waals surface area contributed by atoms with E-state index in [1.165, 1.54) is 0 Å². The molecule has 1 aliphatic rings. The monoisotopic (exact) mass is 230 g/mol. The number of hydrogen-bond donors (Lipinski definition) is 2. The first-order valence-electron chi connectivity index (χ1n) is 5.25. The number of likely N-dealkylation sites (tertiary alicyclic amines) is 1. The Hall–Kier alpha value is -1.14. The topological polar surface area (TPSA) is 78.9 Å². The summed E-state index contributed by atoms with van der Waals surface area (Å²) in [6.45, 7) is 3.11. The lowest BCUT2D eigenvalue weighted by molar-refractivity contribution is -0.173. The molecule has 0 spiro atoms. The van der Waals surface area contributed by atoms with Gasteiger partial charge >= 0.3 is 5.97 Å². The quantitative estimate of drug-likeness (QED) is 0.630. The summed E-state index contributed by atoms with van der Waals surface area (Å²) in [4.78, 5) is 23.5. The molecule has 0 radical (unpaired) electrons. The minimum absolute atomic E-state index is 0.0748. The summed E-state index contributed by atoms with van der Waals surface area (Å²) in [6, 6.07) is 0. The van der Waals surface area contributed by atoms with Crippen LogP contribution in [0.25, 0.3) is 0 Å². The van der Waals surface area contributed by atoms with Gasteiger partial charge in [0.1, 0.15) is 12.2 Å². The highest BCUT2D eigenvalue weighted by Gasteiger charge is 2.42. The van der Waals surface area contributed by atoms with Gasteiger partial charge in [-0.2, -0.15) is 0 Å². The van der Waals surface area contributed by atoms with Gasteiger partial charge in [-0.25, -0.2) is 4.79 Å². The van der Waals surface area contributed by atoms with Crippen LogP contribution < -0.4 is 5.32 Å². The van der Waals surface area contributed by atoms with Crippen LogP contribution in [0.4, 0.5) is 0 Å². The zero-order chi connectivity index (χ0) is 12.2. The first kappa shape index (κ1) is 12.9. The molecule has 0 aromatic rings. The van der Waals surface area contributed by atoms with Crippen molar-refractivity contribution in [1.82, 2.24) is 10.2 Å². The minimum Gasteiger partial charge on any atom is -0.480 e. The molecule has 0 bridgehead atoms. The van der Waals surface area contributed by atoms with Crippen molar-refractivity contribution in [3.8, 4) is 0 Å². The molecular weight excluding hydrogens is 212 g/mol. The summed E-state index contributed by atoms with van der Waals surface area (Å²) >= 11 is 0. The van der Waals surface area contributed by atoms with Crippen molar-refractivity contribution in [3.63, 3.8) is 0 Å². The number of amides is 1. The van der Waals surface area contributed by atoms with E-state index in [1.807, 2.05) is 6.92 Å². The van der Waals surface area contributed by atoms with Crippen LogP contribution in [-0.2, 0) is 14.3 Å².